The Balaban J connectivity index is 0.828. The van der Waals surface area contributed by atoms with Crippen molar-refractivity contribution in [2.45, 2.75) is 0 Å². The first-order chi connectivity index (χ1) is 57.5. The number of hydrogen-bond acceptors (Lipinski definition) is 4. The van der Waals surface area contributed by atoms with Gasteiger partial charge in [0.25, 0.3) is 0 Å². The highest BCUT2D eigenvalue weighted by molar-refractivity contribution is 6.18. The molecule has 17 aromatic carbocycles. The second kappa shape index (κ2) is 25.5. The number of benzene rings is 17. The molecule has 116 heavy (non-hydrogen) atoms. The van der Waals surface area contributed by atoms with E-state index in [1.807, 2.05) is 54.6 Å². The molecule has 0 spiro atoms. The van der Waals surface area contributed by atoms with Crippen LogP contribution in [0.2, 0.25) is 0 Å². The summed E-state index contributed by atoms with van der Waals surface area (Å²) in [7, 11) is 0. The van der Waals surface area contributed by atoms with E-state index in [-0.39, 0.29) is 0 Å². The van der Waals surface area contributed by atoms with E-state index in [0.29, 0.717) is 23.0 Å². The van der Waals surface area contributed by atoms with E-state index in [4.69, 9.17) is 15.0 Å². The van der Waals surface area contributed by atoms with Gasteiger partial charge in [0.2, 0.25) is 0 Å². The average Bonchev–Trinajstić information content (AvgIpc) is 1.66. The Bertz CT molecular complexity index is 7690. The molecule has 10 heteroatoms. The van der Waals surface area contributed by atoms with Crippen LogP contribution in [0.4, 0.5) is 0 Å². The molecule has 0 N–H and O–H groups in total. The highest BCUT2D eigenvalue weighted by atomic mass is 15.1. The van der Waals surface area contributed by atoms with Crippen LogP contribution < -0.4 is 0 Å². The number of para-hydroxylation sites is 8. The van der Waals surface area contributed by atoms with E-state index in [9.17, 15) is 5.26 Å². The Kier molecular flexibility index (Phi) is 14.3. The Morgan fingerprint density at radius 3 is 0.741 bits per heavy atom. The molecule has 0 amide bonds. The third-order valence-corrected chi connectivity index (χ3v) is 23.9. The normalized spacial score (nSPS) is 12.0. The van der Waals surface area contributed by atoms with Gasteiger partial charge in [0.1, 0.15) is 0 Å². The van der Waals surface area contributed by atoms with Crippen molar-refractivity contribution >= 4 is 131 Å². The van der Waals surface area contributed by atoms with Crippen molar-refractivity contribution in [2.75, 3.05) is 0 Å². The summed E-state index contributed by atoms with van der Waals surface area (Å²) < 4.78 is 14.7. The molecule has 0 aliphatic carbocycles. The topological polar surface area (TPSA) is 92.0 Å². The first-order valence-corrected chi connectivity index (χ1v) is 39.3. The second-order valence-electron chi connectivity index (χ2n) is 30.1. The van der Waals surface area contributed by atoms with E-state index in [1.165, 1.54) is 43.1 Å². The maximum Gasteiger partial charge on any atom is 0.164 e. The van der Waals surface area contributed by atoms with Gasteiger partial charge in [-0.05, 0) is 169 Å². The van der Waals surface area contributed by atoms with Gasteiger partial charge in [0, 0.05) is 115 Å². The molecule has 0 atom stereocenters. The lowest BCUT2D eigenvalue weighted by atomic mass is 9.93. The standard InChI is InChI=1S/C106H64N10/c107-65-70-29-7-8-30-75(70)68-47-53-98(115-100-55-49-71(111-90-39-17-9-31-76(90)77-32-10-18-40-91(77)111)61-86(100)87-62-72(50-56-101(87)115)112-92-41-19-11-33-78(92)79-34-12-20-42-93(79)112)84(59-68)85-60-69(106-109-104(66-25-3-1-4-26-66)108-105(110-106)67-27-5-2-6-28-67)48-54-99(85)116-102-57-51-73(113-94-43-21-13-35-80(94)81-36-14-22-44-95(81)113)63-88(102)89-64-74(52-58-103(89)116)114-96-45-23-15-37-82(96)83-38-16-24-46-97(83)114/h1-64H. The van der Waals surface area contributed by atoms with Gasteiger partial charge in [-0.1, -0.05) is 231 Å². The Labute approximate surface area is 664 Å². The molecule has 0 saturated heterocycles. The number of rotatable bonds is 11. The van der Waals surface area contributed by atoms with Gasteiger partial charge >= 0.3 is 0 Å². The molecule has 0 radical (unpaired) electrons. The fourth-order valence-electron chi connectivity index (χ4n) is 18.8. The predicted octanol–water partition coefficient (Wildman–Crippen LogP) is 26.7. The molecule has 0 bridgehead atoms. The van der Waals surface area contributed by atoms with Crippen LogP contribution in [0.1, 0.15) is 5.56 Å². The largest absolute Gasteiger partial charge is 0.309 e. The highest BCUT2D eigenvalue weighted by Crippen LogP contribution is 2.48. The molecule has 24 aromatic rings. The quantitative estimate of drug-likeness (QED) is 0.129. The van der Waals surface area contributed by atoms with Crippen molar-refractivity contribution in [1.29, 1.82) is 5.26 Å². The third kappa shape index (κ3) is 9.79. The zero-order valence-corrected chi connectivity index (χ0v) is 62.4. The van der Waals surface area contributed by atoms with Crippen molar-refractivity contribution in [1.82, 2.24) is 42.4 Å². The van der Waals surface area contributed by atoms with Crippen LogP contribution in [-0.2, 0) is 0 Å². The van der Waals surface area contributed by atoms with Crippen molar-refractivity contribution in [3.05, 3.63) is 394 Å². The predicted molar refractivity (Wildman–Crippen MR) is 478 cm³/mol. The summed E-state index contributed by atoms with van der Waals surface area (Å²) in [5.41, 5.74) is 25.7. The summed E-state index contributed by atoms with van der Waals surface area (Å²) in [6.45, 7) is 0. The van der Waals surface area contributed by atoms with Gasteiger partial charge in [-0.25, -0.2) is 15.0 Å². The fourth-order valence-corrected chi connectivity index (χ4v) is 18.8. The number of nitrogens with zero attached hydrogens (tertiary/aromatic N) is 10. The van der Waals surface area contributed by atoms with E-state index < -0.39 is 0 Å². The lowest BCUT2D eigenvalue weighted by Crippen LogP contribution is -2.04. The van der Waals surface area contributed by atoms with Gasteiger partial charge in [-0.15, -0.1) is 0 Å². The number of hydrogen-bond donors (Lipinski definition) is 0. The minimum Gasteiger partial charge on any atom is -0.309 e. The Hall–Kier alpha value is -16.0. The Morgan fingerprint density at radius 1 is 0.181 bits per heavy atom. The van der Waals surface area contributed by atoms with Gasteiger partial charge in [-0.3, -0.25) is 0 Å². The smallest absolute Gasteiger partial charge is 0.164 e. The summed E-state index contributed by atoms with van der Waals surface area (Å²) in [4.78, 5) is 16.2. The maximum absolute atomic E-state index is 11.2. The molecular formula is C106H64N10. The van der Waals surface area contributed by atoms with Crippen molar-refractivity contribution in [3.8, 4) is 96.6 Å². The van der Waals surface area contributed by atoms with Gasteiger partial charge < -0.3 is 27.4 Å². The molecule has 7 heterocycles. The monoisotopic (exact) mass is 1480 g/mol. The summed E-state index contributed by atoms with van der Waals surface area (Å²) >= 11 is 0. The minimum atomic E-state index is 0.513. The van der Waals surface area contributed by atoms with E-state index in [2.05, 4.69) is 367 Å². The van der Waals surface area contributed by atoms with Crippen molar-refractivity contribution < 1.29 is 0 Å². The van der Waals surface area contributed by atoms with Gasteiger partial charge in [-0.2, -0.15) is 5.26 Å². The Morgan fingerprint density at radius 2 is 0.431 bits per heavy atom. The lowest BCUT2D eigenvalue weighted by molar-refractivity contribution is 1.07. The first kappa shape index (κ1) is 64.8. The van der Waals surface area contributed by atoms with Crippen LogP contribution >= 0.6 is 0 Å². The number of nitriles is 1. The molecule has 0 aliphatic rings. The first-order valence-electron chi connectivity index (χ1n) is 39.3. The van der Waals surface area contributed by atoms with Crippen LogP contribution in [0.15, 0.2) is 388 Å². The molecular weight excluding hydrogens is 1410 g/mol. The lowest BCUT2D eigenvalue weighted by Gasteiger charge is -2.21. The molecule has 10 nitrogen and oxygen atoms in total. The number of aromatic nitrogens is 9. The fraction of sp³-hybridized carbons (Fsp3) is 0. The van der Waals surface area contributed by atoms with E-state index in [0.717, 1.165) is 161 Å². The zero-order chi connectivity index (χ0) is 76.2. The summed E-state index contributed by atoms with van der Waals surface area (Å²) in [5.74, 6) is 1.63. The summed E-state index contributed by atoms with van der Waals surface area (Å²) in [5, 5.41) is 25.0. The minimum absolute atomic E-state index is 0.513. The van der Waals surface area contributed by atoms with Crippen LogP contribution in [0.25, 0.3) is 221 Å². The van der Waals surface area contributed by atoms with Gasteiger partial charge in [0.05, 0.1) is 89.2 Å². The van der Waals surface area contributed by atoms with E-state index in [1.54, 1.807) is 0 Å². The van der Waals surface area contributed by atoms with Gasteiger partial charge in [0.15, 0.2) is 17.5 Å². The van der Waals surface area contributed by atoms with Crippen LogP contribution in [0.5, 0.6) is 0 Å². The van der Waals surface area contributed by atoms with Crippen LogP contribution in [0, 0.1) is 11.3 Å². The summed E-state index contributed by atoms with van der Waals surface area (Å²) in [6.07, 6.45) is 0. The molecule has 7 aromatic heterocycles. The molecule has 0 fully saturated rings. The van der Waals surface area contributed by atoms with Crippen molar-refractivity contribution in [2.24, 2.45) is 0 Å². The number of fused-ring (bicyclic) bond motifs is 18. The van der Waals surface area contributed by atoms with Crippen molar-refractivity contribution in [3.63, 3.8) is 0 Å². The van der Waals surface area contributed by atoms with Crippen LogP contribution in [0.3, 0.4) is 0 Å². The molecule has 24 rings (SSSR count). The molecule has 0 unspecified atom stereocenters. The third-order valence-electron chi connectivity index (χ3n) is 23.9. The molecule has 538 valence electrons. The van der Waals surface area contributed by atoms with E-state index >= 15 is 0 Å². The maximum atomic E-state index is 11.2. The van der Waals surface area contributed by atoms with Crippen LogP contribution in [-0.4, -0.2) is 42.4 Å². The SMILES string of the molecule is N#Cc1ccccc1-c1ccc(-n2c3ccc(-n4c5ccccc5c5ccccc54)cc3c3cc(-n4c5ccccc5c5ccccc54)ccc32)c(-c2cc(-c3nc(-c4ccccc4)nc(-c4ccccc4)n3)ccc2-n2c3ccc(-n4c5ccccc5c5ccccc54)cc3c3cc(-n4c5ccccc5c5ccccc54)ccc32)c1. The summed E-state index contributed by atoms with van der Waals surface area (Å²) in [6, 6.07) is 143. The molecule has 0 saturated carbocycles. The second-order valence-corrected chi connectivity index (χ2v) is 30.1. The highest BCUT2D eigenvalue weighted by Gasteiger charge is 2.28. The average molecular weight is 1480 g/mol. The zero-order valence-electron chi connectivity index (χ0n) is 62.4. The molecule has 0 aliphatic heterocycles.